The number of allylic oxidation sites excluding steroid dienone is 2. The summed E-state index contributed by atoms with van der Waals surface area (Å²) in [5, 5.41) is 13.4. The zero-order valence-corrected chi connectivity index (χ0v) is 25.3. The van der Waals surface area contributed by atoms with Gasteiger partial charge in [-0.1, -0.05) is 84.4 Å². The third kappa shape index (κ3) is 3.64. The summed E-state index contributed by atoms with van der Waals surface area (Å²) >= 11 is 0. The Morgan fingerprint density at radius 1 is 0.826 bits per heavy atom. The SMILES string of the molecule is Cc1ccc(NN2C(=O)C3CC4C(=CCn5c(=O)n(C)c(=O)n54)C(c4ccc(O)c5ccccc45)C3(c3ccccc3)C2=O)cc1. The first kappa shape index (κ1) is 27.9. The van der Waals surface area contributed by atoms with Crippen molar-refractivity contribution in [1.82, 2.24) is 18.9 Å². The van der Waals surface area contributed by atoms with Crippen LogP contribution in [0.5, 0.6) is 5.75 Å². The van der Waals surface area contributed by atoms with Crippen LogP contribution in [-0.4, -0.2) is 35.9 Å². The van der Waals surface area contributed by atoms with Crippen LogP contribution in [0.2, 0.25) is 0 Å². The zero-order valence-electron chi connectivity index (χ0n) is 25.3. The standard InChI is InChI=1S/C36H31N5O5/c1-21-12-14-23(15-13-21)37-40-32(43)28-20-29-27(18-19-39-34(45)38(2)35(46)41(29)39)31(36(28,33(40)44)22-8-4-3-5-9-22)26-16-17-30(42)25-11-7-6-10-24(25)26/h3-18,28-29,31,37,42H,19-20H2,1-2H3. The first-order valence-electron chi connectivity index (χ1n) is 15.3. The first-order valence-corrected chi connectivity index (χ1v) is 15.3. The molecule has 2 aliphatic heterocycles. The number of aryl methyl sites for hydroxylation is 1. The molecule has 1 aliphatic carbocycles. The Morgan fingerprint density at radius 3 is 2.26 bits per heavy atom. The third-order valence-electron chi connectivity index (χ3n) is 10.1. The number of aromatic hydroxyl groups is 1. The van der Waals surface area contributed by atoms with Crippen molar-refractivity contribution in [3.8, 4) is 5.75 Å². The molecule has 46 heavy (non-hydrogen) atoms. The molecular formula is C36H31N5O5. The van der Waals surface area contributed by atoms with Gasteiger partial charge in [0.1, 0.15) is 5.75 Å². The van der Waals surface area contributed by atoms with Gasteiger partial charge in [0.2, 0.25) is 0 Å². The van der Waals surface area contributed by atoms with Crippen molar-refractivity contribution >= 4 is 28.3 Å². The van der Waals surface area contributed by atoms with Crippen LogP contribution in [0.15, 0.2) is 112 Å². The van der Waals surface area contributed by atoms with E-state index in [1.54, 1.807) is 6.07 Å². The van der Waals surface area contributed by atoms with Gasteiger partial charge < -0.3 is 5.11 Å². The molecule has 0 spiro atoms. The van der Waals surface area contributed by atoms with E-state index in [2.05, 4.69) is 5.43 Å². The van der Waals surface area contributed by atoms with E-state index in [1.165, 1.54) is 16.4 Å². The third-order valence-corrected chi connectivity index (χ3v) is 10.1. The summed E-state index contributed by atoms with van der Waals surface area (Å²) in [5.41, 5.74) is 4.61. The highest BCUT2D eigenvalue weighted by atomic mass is 16.3. The van der Waals surface area contributed by atoms with Gasteiger partial charge in [-0.05, 0) is 53.6 Å². The molecule has 230 valence electrons. The quantitative estimate of drug-likeness (QED) is 0.233. The van der Waals surface area contributed by atoms with Crippen molar-refractivity contribution < 1.29 is 14.7 Å². The summed E-state index contributed by atoms with van der Waals surface area (Å²) in [4.78, 5) is 56.5. The average Bonchev–Trinajstić information content (AvgIpc) is 3.43. The van der Waals surface area contributed by atoms with Crippen LogP contribution in [0.25, 0.3) is 10.8 Å². The molecule has 1 saturated carbocycles. The van der Waals surface area contributed by atoms with E-state index in [0.29, 0.717) is 16.6 Å². The van der Waals surface area contributed by atoms with E-state index in [4.69, 9.17) is 0 Å². The predicted octanol–water partition coefficient (Wildman–Crippen LogP) is 4.13. The highest BCUT2D eigenvalue weighted by Crippen LogP contribution is 2.62. The number of aromatic nitrogens is 3. The first-order chi connectivity index (χ1) is 22.2. The van der Waals surface area contributed by atoms with Crippen molar-refractivity contribution in [3.05, 3.63) is 140 Å². The molecule has 1 aromatic heterocycles. The highest BCUT2D eigenvalue weighted by molar-refractivity contribution is 6.13. The molecule has 4 unspecified atom stereocenters. The van der Waals surface area contributed by atoms with Crippen LogP contribution >= 0.6 is 0 Å². The number of phenols is 1. The maximum Gasteiger partial charge on any atom is 0.347 e. The van der Waals surface area contributed by atoms with Crippen LogP contribution in [0.3, 0.4) is 0 Å². The maximum atomic E-state index is 15.2. The van der Waals surface area contributed by atoms with Gasteiger partial charge >= 0.3 is 11.4 Å². The molecule has 10 heteroatoms. The van der Waals surface area contributed by atoms with Crippen LogP contribution in [-0.2, 0) is 28.6 Å². The number of benzene rings is 4. The Bertz CT molecular complexity index is 2230. The van der Waals surface area contributed by atoms with Gasteiger partial charge in [-0.3, -0.25) is 15.0 Å². The van der Waals surface area contributed by atoms with E-state index in [9.17, 15) is 19.5 Å². The number of hydrogen-bond donors (Lipinski definition) is 2. The number of phenolic OH excluding ortho intramolecular Hbond substituents is 1. The van der Waals surface area contributed by atoms with Crippen molar-refractivity contribution in [3.63, 3.8) is 0 Å². The molecule has 4 atom stereocenters. The molecule has 0 bridgehead atoms. The smallest absolute Gasteiger partial charge is 0.347 e. The predicted molar refractivity (Wildman–Crippen MR) is 172 cm³/mol. The maximum absolute atomic E-state index is 15.2. The fourth-order valence-corrected chi connectivity index (χ4v) is 8.02. The van der Waals surface area contributed by atoms with E-state index < -0.39 is 46.5 Å². The van der Waals surface area contributed by atoms with Crippen LogP contribution in [0, 0.1) is 12.8 Å². The molecular weight excluding hydrogens is 582 g/mol. The second kappa shape index (κ2) is 9.93. The number of imide groups is 1. The molecule has 3 aliphatic rings. The number of hydrazine groups is 1. The highest BCUT2D eigenvalue weighted by Gasteiger charge is 2.69. The summed E-state index contributed by atoms with van der Waals surface area (Å²) in [5.74, 6) is -2.33. The monoisotopic (exact) mass is 613 g/mol. The lowest BCUT2D eigenvalue weighted by molar-refractivity contribution is -0.138. The second-order valence-electron chi connectivity index (χ2n) is 12.4. The molecule has 1 saturated heterocycles. The summed E-state index contributed by atoms with van der Waals surface area (Å²) < 4.78 is 3.94. The van der Waals surface area contributed by atoms with Gasteiger partial charge in [-0.15, -0.1) is 0 Å². The van der Waals surface area contributed by atoms with Crippen LogP contribution in [0.4, 0.5) is 5.69 Å². The summed E-state index contributed by atoms with van der Waals surface area (Å²) in [6.45, 7) is 2.10. The Hall–Kier alpha value is -5.64. The van der Waals surface area contributed by atoms with Gasteiger partial charge in [-0.25, -0.2) is 23.5 Å². The summed E-state index contributed by atoms with van der Waals surface area (Å²) in [6.07, 6.45) is 2.07. The van der Waals surface area contributed by atoms with Crippen LogP contribution < -0.4 is 16.8 Å². The number of hydrogen-bond acceptors (Lipinski definition) is 6. The zero-order chi connectivity index (χ0) is 31.9. The number of carbonyl (C=O) groups is 2. The topological polar surface area (TPSA) is 119 Å². The second-order valence-corrected chi connectivity index (χ2v) is 12.4. The Balaban J connectivity index is 1.44. The van der Waals surface area contributed by atoms with Crippen molar-refractivity contribution in [1.29, 1.82) is 0 Å². The minimum atomic E-state index is -1.40. The van der Waals surface area contributed by atoms with Crippen LogP contribution in [0.1, 0.15) is 35.1 Å². The largest absolute Gasteiger partial charge is 0.507 e. The number of nitrogens with one attached hydrogen (secondary N) is 1. The molecule has 2 amide bonds. The average molecular weight is 614 g/mol. The fraction of sp³-hybridized carbons (Fsp3) is 0.222. The molecule has 4 aromatic carbocycles. The van der Waals surface area contributed by atoms with Crippen molar-refractivity contribution in [2.45, 2.75) is 37.3 Å². The van der Waals surface area contributed by atoms with Crippen molar-refractivity contribution in [2.24, 2.45) is 13.0 Å². The lowest BCUT2D eigenvalue weighted by Crippen LogP contribution is -2.53. The number of anilines is 1. The number of rotatable bonds is 4. The fourth-order valence-electron chi connectivity index (χ4n) is 8.02. The molecule has 2 fully saturated rings. The summed E-state index contributed by atoms with van der Waals surface area (Å²) in [6, 6.07) is 27.0. The van der Waals surface area contributed by atoms with Gasteiger partial charge in [0.05, 0.1) is 29.6 Å². The molecule has 8 rings (SSSR count). The van der Waals surface area contributed by atoms with Gasteiger partial charge in [0, 0.05) is 18.4 Å². The number of amides is 2. The van der Waals surface area contributed by atoms with Crippen molar-refractivity contribution in [2.75, 3.05) is 5.43 Å². The minimum Gasteiger partial charge on any atom is -0.507 e. The Morgan fingerprint density at radius 2 is 1.52 bits per heavy atom. The number of fused-ring (bicyclic) bond motifs is 5. The lowest BCUT2D eigenvalue weighted by atomic mass is 9.53. The van der Waals surface area contributed by atoms with Gasteiger partial charge in [0.15, 0.2) is 0 Å². The number of nitrogens with zero attached hydrogens (tertiary/aromatic N) is 4. The van der Waals surface area contributed by atoms with Gasteiger partial charge in [0.25, 0.3) is 11.8 Å². The van der Waals surface area contributed by atoms with Gasteiger partial charge in [-0.2, -0.15) is 5.01 Å². The normalized spacial score (nSPS) is 23.6. The summed E-state index contributed by atoms with van der Waals surface area (Å²) in [7, 11) is 1.45. The molecule has 10 nitrogen and oxygen atoms in total. The van der Waals surface area contributed by atoms with E-state index in [0.717, 1.165) is 31.7 Å². The van der Waals surface area contributed by atoms with E-state index in [1.807, 2.05) is 97.9 Å². The Kier molecular flexibility index (Phi) is 6.02. The Labute approximate surface area is 263 Å². The molecule has 2 N–H and O–H groups in total. The molecule has 0 radical (unpaired) electrons. The van der Waals surface area contributed by atoms with E-state index in [-0.39, 0.29) is 18.7 Å². The molecule has 3 heterocycles. The van der Waals surface area contributed by atoms with E-state index >= 15 is 4.79 Å². The lowest BCUT2D eigenvalue weighted by Gasteiger charge is -2.49. The molecule has 5 aromatic rings. The number of carbonyl (C=O) groups excluding carboxylic acids is 2. The minimum absolute atomic E-state index is 0.0965.